The van der Waals surface area contributed by atoms with Crippen LogP contribution in [0.25, 0.3) is 0 Å². The van der Waals surface area contributed by atoms with Crippen LogP contribution in [0.4, 0.5) is 5.69 Å². The summed E-state index contributed by atoms with van der Waals surface area (Å²) in [7, 11) is -1.24. The Hall–Kier alpha value is -4.05. The second kappa shape index (κ2) is 14.6. The molecule has 1 atom stereocenters. The van der Waals surface area contributed by atoms with E-state index in [1.165, 1.54) is 31.2 Å². The summed E-state index contributed by atoms with van der Waals surface area (Å²) in [5.41, 5.74) is 2.67. The first-order valence-corrected chi connectivity index (χ1v) is 16.0. The lowest BCUT2D eigenvalue weighted by molar-refractivity contribution is -0.139. The summed E-state index contributed by atoms with van der Waals surface area (Å²) in [5, 5.41) is 3.30. The summed E-state index contributed by atoms with van der Waals surface area (Å²) in [5.74, 6) is -0.496. The molecule has 230 valence electrons. The molecule has 0 bridgehead atoms. The summed E-state index contributed by atoms with van der Waals surface area (Å²) in [6.07, 6.45) is 0.198. The Morgan fingerprint density at radius 3 is 2.11 bits per heavy atom. The third-order valence-electron chi connectivity index (χ3n) is 7.10. The molecule has 0 fully saturated rings. The van der Waals surface area contributed by atoms with E-state index in [-0.39, 0.29) is 17.9 Å². The van der Waals surface area contributed by atoms with E-state index in [4.69, 9.17) is 27.9 Å². The van der Waals surface area contributed by atoms with E-state index in [0.29, 0.717) is 27.0 Å². The number of carbonyl (C=O) groups is 2. The van der Waals surface area contributed by atoms with E-state index in [0.717, 1.165) is 15.4 Å². The van der Waals surface area contributed by atoms with E-state index in [9.17, 15) is 18.0 Å². The van der Waals surface area contributed by atoms with Crippen LogP contribution >= 0.6 is 23.2 Å². The van der Waals surface area contributed by atoms with Gasteiger partial charge in [0.15, 0.2) is 0 Å². The molecule has 2 amide bonds. The molecule has 1 N–H and O–H groups in total. The number of hydrogen-bond acceptors (Lipinski definition) is 5. The van der Waals surface area contributed by atoms with E-state index in [2.05, 4.69) is 5.32 Å². The lowest BCUT2D eigenvalue weighted by Gasteiger charge is -2.33. The molecule has 0 aromatic heterocycles. The number of rotatable bonds is 12. The number of amides is 2. The molecule has 4 rings (SSSR count). The fraction of sp³-hybridized carbons (Fsp3) is 0.212. The van der Waals surface area contributed by atoms with E-state index < -0.39 is 34.4 Å². The van der Waals surface area contributed by atoms with Crippen LogP contribution in [0.5, 0.6) is 5.75 Å². The maximum absolute atomic E-state index is 14.3. The number of benzene rings is 4. The third kappa shape index (κ3) is 7.91. The van der Waals surface area contributed by atoms with Gasteiger partial charge in [0.1, 0.15) is 18.3 Å². The number of hydrogen-bond donors (Lipinski definition) is 1. The van der Waals surface area contributed by atoms with Gasteiger partial charge in [0.25, 0.3) is 10.0 Å². The van der Waals surface area contributed by atoms with Crippen molar-refractivity contribution in [3.8, 4) is 5.75 Å². The Kier molecular flexibility index (Phi) is 10.9. The molecule has 4 aromatic rings. The van der Waals surface area contributed by atoms with Crippen molar-refractivity contribution >= 4 is 50.7 Å². The van der Waals surface area contributed by atoms with Gasteiger partial charge in [-0.15, -0.1) is 0 Å². The monoisotopic (exact) mass is 653 g/mol. The fourth-order valence-corrected chi connectivity index (χ4v) is 6.40. The number of likely N-dealkylation sites (N-methyl/N-ethyl adjacent to an activating group) is 1. The molecule has 0 unspecified atom stereocenters. The number of nitrogens with one attached hydrogen (secondary N) is 1. The van der Waals surface area contributed by atoms with Crippen LogP contribution in [0.3, 0.4) is 0 Å². The minimum absolute atomic E-state index is 0.0187. The number of methoxy groups -OCH3 is 1. The molecule has 11 heteroatoms. The molecular formula is C33H33Cl2N3O5S. The lowest BCUT2D eigenvalue weighted by Crippen LogP contribution is -2.53. The fourth-order valence-electron chi connectivity index (χ4n) is 4.67. The predicted octanol–water partition coefficient (Wildman–Crippen LogP) is 5.89. The number of aryl methyl sites for hydroxylation is 1. The van der Waals surface area contributed by atoms with Crippen molar-refractivity contribution in [3.05, 3.63) is 124 Å². The molecule has 0 saturated heterocycles. The van der Waals surface area contributed by atoms with E-state index in [1.54, 1.807) is 54.6 Å². The van der Waals surface area contributed by atoms with Crippen molar-refractivity contribution < 1.29 is 22.7 Å². The van der Waals surface area contributed by atoms with Gasteiger partial charge in [-0.2, -0.15) is 0 Å². The third-order valence-corrected chi connectivity index (χ3v) is 9.63. The largest absolute Gasteiger partial charge is 0.497 e. The van der Waals surface area contributed by atoms with Crippen LogP contribution < -0.4 is 14.4 Å². The zero-order valence-electron chi connectivity index (χ0n) is 24.5. The number of sulfonamides is 1. The Morgan fingerprint density at radius 1 is 0.864 bits per heavy atom. The van der Waals surface area contributed by atoms with Gasteiger partial charge in [-0.05, 0) is 66.6 Å². The number of anilines is 1. The molecule has 4 aromatic carbocycles. The molecule has 0 radical (unpaired) electrons. The molecule has 0 aliphatic carbocycles. The smallest absolute Gasteiger partial charge is 0.264 e. The number of ether oxygens (including phenoxy) is 1. The SMILES string of the molecule is CNC(=O)[C@@H](Cc1ccccc1)N(Cc1ccc(Cl)c(Cl)c1)C(=O)CN(c1ccc(C)cc1)S(=O)(=O)c1ccc(OC)cc1. The highest BCUT2D eigenvalue weighted by molar-refractivity contribution is 7.92. The van der Waals surface area contributed by atoms with Crippen molar-refractivity contribution in [1.29, 1.82) is 0 Å². The summed E-state index contributed by atoms with van der Waals surface area (Å²) >= 11 is 12.4. The number of halogens is 2. The lowest BCUT2D eigenvalue weighted by atomic mass is 10.0. The van der Waals surface area contributed by atoms with Gasteiger partial charge in [0, 0.05) is 20.0 Å². The number of carbonyl (C=O) groups excluding carboxylic acids is 2. The summed E-state index contributed by atoms with van der Waals surface area (Å²) in [6.45, 7) is 1.29. The standard InChI is InChI=1S/C33H33Cl2N3O5S/c1-23-9-12-26(13-10-23)38(44(41,42)28-16-14-27(43-3)15-17-28)22-32(39)37(21-25-11-18-29(34)30(35)19-25)31(33(40)36-2)20-24-7-5-4-6-8-24/h4-19,31H,20-22H2,1-3H3,(H,36,40)/t31-/m1/s1. The molecule has 44 heavy (non-hydrogen) atoms. The minimum Gasteiger partial charge on any atom is -0.497 e. The Balaban J connectivity index is 1.79. The summed E-state index contributed by atoms with van der Waals surface area (Å²) in [6, 6.07) is 26.0. The van der Waals surface area contributed by atoms with Crippen LogP contribution in [-0.2, 0) is 32.6 Å². The second-order valence-corrected chi connectivity index (χ2v) is 12.8. The quantitative estimate of drug-likeness (QED) is 0.206. The first-order chi connectivity index (χ1) is 21.0. The highest BCUT2D eigenvalue weighted by atomic mass is 35.5. The van der Waals surface area contributed by atoms with Gasteiger partial charge in [-0.25, -0.2) is 8.42 Å². The maximum Gasteiger partial charge on any atom is 0.264 e. The average Bonchev–Trinajstić information content (AvgIpc) is 3.03. The Labute approximate surface area is 268 Å². The predicted molar refractivity (Wildman–Crippen MR) is 174 cm³/mol. The first kappa shape index (κ1) is 32.9. The van der Waals surface area contributed by atoms with Gasteiger partial charge in [0.2, 0.25) is 11.8 Å². The van der Waals surface area contributed by atoms with Gasteiger partial charge in [0.05, 0.1) is 27.7 Å². The summed E-state index contributed by atoms with van der Waals surface area (Å²) in [4.78, 5) is 29.1. The second-order valence-electron chi connectivity index (χ2n) is 10.1. The van der Waals surface area contributed by atoms with Crippen molar-refractivity contribution in [2.24, 2.45) is 0 Å². The minimum atomic E-state index is -4.22. The average molecular weight is 655 g/mol. The van der Waals surface area contributed by atoms with Crippen molar-refractivity contribution in [2.75, 3.05) is 25.0 Å². The highest BCUT2D eigenvalue weighted by Crippen LogP contribution is 2.28. The van der Waals surface area contributed by atoms with Crippen LogP contribution in [0.15, 0.2) is 102 Å². The van der Waals surface area contributed by atoms with Crippen LogP contribution in [0.2, 0.25) is 10.0 Å². The van der Waals surface area contributed by atoms with Gasteiger partial charge in [-0.1, -0.05) is 77.3 Å². The van der Waals surface area contributed by atoms with Crippen molar-refractivity contribution in [1.82, 2.24) is 10.2 Å². The topological polar surface area (TPSA) is 96.0 Å². The van der Waals surface area contributed by atoms with Crippen LogP contribution in [0.1, 0.15) is 16.7 Å². The molecule has 0 saturated carbocycles. The number of nitrogens with zero attached hydrogens (tertiary/aromatic N) is 2. The van der Waals surface area contributed by atoms with Gasteiger partial charge in [-0.3, -0.25) is 13.9 Å². The van der Waals surface area contributed by atoms with Crippen molar-refractivity contribution in [2.45, 2.75) is 30.8 Å². The molecule has 0 heterocycles. The molecule has 8 nitrogen and oxygen atoms in total. The van der Waals surface area contributed by atoms with Crippen LogP contribution in [-0.4, -0.2) is 51.9 Å². The van der Waals surface area contributed by atoms with Gasteiger partial charge < -0.3 is 15.0 Å². The summed E-state index contributed by atoms with van der Waals surface area (Å²) < 4.78 is 34.4. The van der Waals surface area contributed by atoms with Crippen molar-refractivity contribution in [3.63, 3.8) is 0 Å². The zero-order valence-corrected chi connectivity index (χ0v) is 26.9. The van der Waals surface area contributed by atoms with E-state index in [1.807, 2.05) is 37.3 Å². The Morgan fingerprint density at radius 2 is 1.52 bits per heavy atom. The maximum atomic E-state index is 14.3. The molecule has 0 aliphatic rings. The first-order valence-electron chi connectivity index (χ1n) is 13.8. The molecule has 0 aliphatic heterocycles. The van der Waals surface area contributed by atoms with E-state index >= 15 is 0 Å². The zero-order chi connectivity index (χ0) is 31.9. The van der Waals surface area contributed by atoms with Gasteiger partial charge >= 0.3 is 0 Å². The molecular weight excluding hydrogens is 621 g/mol. The Bertz CT molecular complexity index is 1700. The van der Waals surface area contributed by atoms with Crippen LogP contribution in [0, 0.1) is 6.92 Å². The highest BCUT2D eigenvalue weighted by Gasteiger charge is 2.34. The molecule has 0 spiro atoms. The normalized spacial score (nSPS) is 11.8.